The molecule has 0 amide bonds. The quantitative estimate of drug-likeness (QED) is 0.248. The molecule has 0 unspecified atom stereocenters. The Hall–Kier alpha value is 1.39. The fraction of sp³-hybridized carbons (Fsp3) is 0.750. The minimum Gasteiger partial charge on any atom is -1.00 e. The molecule has 0 aromatic heterocycles. The predicted octanol–water partition coefficient (Wildman–Crippen LogP) is -6.75. The normalized spacial score (nSPS) is 7.00. The number of nitrogens with one attached hydrogen (secondary N) is 1. The van der Waals surface area contributed by atoms with Gasteiger partial charge in [0, 0.05) is 20.0 Å². The van der Waals surface area contributed by atoms with Gasteiger partial charge in [0.2, 0.25) is 0 Å². The van der Waals surface area contributed by atoms with E-state index in [0.717, 1.165) is 0 Å². The van der Waals surface area contributed by atoms with Crippen LogP contribution in [0.1, 0.15) is 9.78 Å². The first-order valence-electron chi connectivity index (χ1n) is 2.37. The summed E-state index contributed by atoms with van der Waals surface area (Å²) in [5.74, 6) is -0.349. The molecule has 6 heteroatoms. The Balaban J connectivity index is -0.0000000408. The zero-order chi connectivity index (χ0) is 6.41. The van der Waals surface area contributed by atoms with Crippen LogP contribution in [0.25, 0.3) is 0 Å². The van der Waals surface area contributed by atoms with E-state index < -0.39 is 0 Å². The summed E-state index contributed by atoms with van der Waals surface area (Å²) in [4.78, 5) is 14.3. The van der Waals surface area contributed by atoms with Crippen molar-refractivity contribution in [2.24, 2.45) is 5.73 Å². The minimum absolute atomic E-state index is 0. The van der Waals surface area contributed by atoms with Crippen LogP contribution >= 0.6 is 0 Å². The largest absolute Gasteiger partial charge is 1.00 e. The van der Waals surface area contributed by atoms with Crippen molar-refractivity contribution in [3.05, 3.63) is 0 Å². The van der Waals surface area contributed by atoms with Crippen molar-refractivity contribution in [1.29, 1.82) is 0 Å². The van der Waals surface area contributed by atoms with Crippen LogP contribution in [0.15, 0.2) is 0 Å². The number of carbonyl (C=O) groups excluding carboxylic acids is 1. The van der Waals surface area contributed by atoms with Crippen LogP contribution in [-0.4, -0.2) is 19.1 Å². The van der Waals surface area contributed by atoms with Gasteiger partial charge in [-0.05, 0) is 0 Å². The Kier molecular flexibility index (Phi) is 22.7. The molecular weight excluding hydrogens is 154 g/mol. The van der Waals surface area contributed by atoms with E-state index in [1.807, 2.05) is 0 Å². The second-order valence-electron chi connectivity index (χ2n) is 1.28. The number of hydrogen-bond acceptors (Lipinski definition) is 4. The summed E-state index contributed by atoms with van der Waals surface area (Å²) in [5, 5.41) is 0. The van der Waals surface area contributed by atoms with Crippen LogP contribution in [0.3, 0.4) is 0 Å². The summed E-state index contributed by atoms with van der Waals surface area (Å²) in [6.45, 7) is 2.29. The van der Waals surface area contributed by atoms with E-state index in [9.17, 15) is 4.79 Å². The van der Waals surface area contributed by atoms with E-state index in [2.05, 4.69) is 10.3 Å². The summed E-state index contributed by atoms with van der Waals surface area (Å²) in [7, 11) is 0. The van der Waals surface area contributed by atoms with E-state index >= 15 is 0 Å². The van der Waals surface area contributed by atoms with Crippen molar-refractivity contribution >= 4 is 5.97 Å². The second kappa shape index (κ2) is 13.0. The summed E-state index contributed by atoms with van der Waals surface area (Å²) in [6.07, 6.45) is 0. The first-order valence-corrected chi connectivity index (χ1v) is 2.37. The molecule has 4 nitrogen and oxygen atoms in total. The van der Waals surface area contributed by atoms with Crippen molar-refractivity contribution in [2.45, 2.75) is 6.92 Å². The van der Waals surface area contributed by atoms with E-state index in [-0.39, 0.29) is 67.9 Å². The van der Waals surface area contributed by atoms with Crippen LogP contribution in [0.2, 0.25) is 0 Å². The molecule has 3 N–H and O–H groups in total. The third kappa shape index (κ3) is 16.2. The van der Waals surface area contributed by atoms with Gasteiger partial charge in [0.15, 0.2) is 0 Å². The standard InChI is InChI=1S/C4H10N2O2.2Na.2H/c1-4(7)8-6-3-2-5;;;;/h6H,2-3,5H2,1H3;;;;/q;2*+1;2*-1. The number of carbonyl (C=O) groups is 1. The molecule has 10 heavy (non-hydrogen) atoms. The first kappa shape index (κ1) is 17.5. The van der Waals surface area contributed by atoms with Crippen LogP contribution in [0.5, 0.6) is 0 Å². The average molecular weight is 166 g/mol. The summed E-state index contributed by atoms with van der Waals surface area (Å²) in [6, 6.07) is 0. The smallest absolute Gasteiger partial charge is 1.00 e. The first-order chi connectivity index (χ1) is 3.77. The Labute approximate surface area is 108 Å². The molecular formula is C4H12N2Na2O2. The molecule has 0 aliphatic rings. The zero-order valence-electron chi connectivity index (χ0n) is 8.81. The molecule has 0 aliphatic carbocycles. The summed E-state index contributed by atoms with van der Waals surface area (Å²) in [5.41, 5.74) is 7.42. The number of rotatable bonds is 3. The van der Waals surface area contributed by atoms with Crippen molar-refractivity contribution in [2.75, 3.05) is 13.1 Å². The predicted molar refractivity (Wildman–Crippen MR) is 31.0 cm³/mol. The van der Waals surface area contributed by atoms with Gasteiger partial charge in [-0.1, -0.05) is 0 Å². The maximum Gasteiger partial charge on any atom is 1.00 e. The molecule has 0 atom stereocenters. The molecule has 0 fully saturated rings. The monoisotopic (exact) mass is 166 g/mol. The molecule has 0 saturated heterocycles. The van der Waals surface area contributed by atoms with Crippen LogP contribution in [0.4, 0.5) is 0 Å². The average Bonchev–Trinajstić information content (AvgIpc) is 1.66. The van der Waals surface area contributed by atoms with Crippen molar-refractivity contribution in [3.8, 4) is 0 Å². The van der Waals surface area contributed by atoms with Crippen LogP contribution < -0.4 is 70.3 Å². The Morgan fingerprint density at radius 1 is 1.70 bits per heavy atom. The van der Waals surface area contributed by atoms with Gasteiger partial charge >= 0.3 is 65.1 Å². The number of nitrogens with two attached hydrogens (primary N) is 1. The second-order valence-corrected chi connectivity index (χ2v) is 1.28. The van der Waals surface area contributed by atoms with Gasteiger partial charge in [0.05, 0.1) is 0 Å². The van der Waals surface area contributed by atoms with Gasteiger partial charge in [0.1, 0.15) is 0 Å². The van der Waals surface area contributed by atoms with Gasteiger partial charge in [-0.15, -0.1) is 0 Å². The van der Waals surface area contributed by atoms with Crippen molar-refractivity contribution < 1.29 is 71.6 Å². The Morgan fingerprint density at radius 2 is 2.20 bits per heavy atom. The van der Waals surface area contributed by atoms with Crippen LogP contribution in [0, 0.1) is 0 Å². The molecule has 52 valence electrons. The minimum atomic E-state index is -0.349. The summed E-state index contributed by atoms with van der Waals surface area (Å²) < 4.78 is 0. The molecule has 0 spiro atoms. The van der Waals surface area contributed by atoms with E-state index in [4.69, 9.17) is 5.73 Å². The van der Waals surface area contributed by atoms with E-state index in [1.54, 1.807) is 0 Å². The number of hydroxylamine groups is 1. The van der Waals surface area contributed by atoms with Gasteiger partial charge in [-0.3, -0.25) is 4.79 Å². The van der Waals surface area contributed by atoms with Crippen LogP contribution in [-0.2, 0) is 9.63 Å². The molecule has 0 bridgehead atoms. The maximum atomic E-state index is 9.99. The molecule has 0 heterocycles. The molecule has 0 saturated carbocycles. The van der Waals surface area contributed by atoms with E-state index in [0.29, 0.717) is 13.1 Å². The van der Waals surface area contributed by atoms with Crippen molar-refractivity contribution in [3.63, 3.8) is 0 Å². The van der Waals surface area contributed by atoms with Gasteiger partial charge in [0.25, 0.3) is 0 Å². The summed E-state index contributed by atoms with van der Waals surface area (Å²) >= 11 is 0. The maximum absolute atomic E-state index is 9.99. The van der Waals surface area contributed by atoms with E-state index in [1.165, 1.54) is 6.92 Å². The molecule has 0 radical (unpaired) electrons. The molecule has 0 rings (SSSR count). The van der Waals surface area contributed by atoms with Gasteiger partial charge in [-0.25, -0.2) is 0 Å². The number of hydrogen-bond donors (Lipinski definition) is 2. The third-order valence-corrected chi connectivity index (χ3v) is 0.462. The molecule has 0 aliphatic heterocycles. The third-order valence-electron chi connectivity index (χ3n) is 0.462. The molecule has 0 aromatic rings. The Bertz CT molecular complexity index is 89.5. The van der Waals surface area contributed by atoms with Gasteiger partial charge < -0.3 is 13.4 Å². The Morgan fingerprint density at radius 3 is 2.50 bits per heavy atom. The van der Waals surface area contributed by atoms with Crippen molar-refractivity contribution in [1.82, 2.24) is 5.48 Å². The van der Waals surface area contributed by atoms with Gasteiger partial charge in [-0.2, -0.15) is 5.48 Å². The fourth-order valence-corrected chi connectivity index (χ4v) is 0.212. The topological polar surface area (TPSA) is 64.3 Å². The molecule has 0 aromatic carbocycles. The zero-order valence-corrected chi connectivity index (χ0v) is 10.8. The fourth-order valence-electron chi connectivity index (χ4n) is 0.212. The SMILES string of the molecule is CC(=O)ONCCN.[H-].[H-].[Na+].[Na+].